The van der Waals surface area contributed by atoms with E-state index in [1.165, 1.54) is 0 Å². The molecular weight excluding hydrogens is 368 g/mol. The van der Waals surface area contributed by atoms with Crippen LogP contribution in [0, 0.1) is 0 Å². The molecule has 1 aliphatic heterocycles. The van der Waals surface area contributed by atoms with Crippen molar-refractivity contribution in [2.75, 3.05) is 20.8 Å². The van der Waals surface area contributed by atoms with E-state index in [0.29, 0.717) is 31.0 Å². The van der Waals surface area contributed by atoms with E-state index < -0.39 is 6.04 Å². The minimum Gasteiger partial charge on any atom is -0.493 e. The molecule has 0 bridgehead atoms. The summed E-state index contributed by atoms with van der Waals surface area (Å²) in [7, 11) is 3.17. The Morgan fingerprint density at radius 1 is 1.03 bits per heavy atom. The highest BCUT2D eigenvalue weighted by molar-refractivity contribution is 5.88. The molecule has 0 aliphatic carbocycles. The second-order valence-corrected chi connectivity index (χ2v) is 7.18. The fraction of sp³-hybridized carbons (Fsp3) is 0.391. The summed E-state index contributed by atoms with van der Waals surface area (Å²) < 4.78 is 10.7. The zero-order chi connectivity index (χ0) is 20.6. The summed E-state index contributed by atoms with van der Waals surface area (Å²) in [6, 6.07) is 14.7. The van der Waals surface area contributed by atoms with E-state index in [4.69, 9.17) is 9.47 Å². The molecule has 0 aromatic heterocycles. The predicted octanol–water partition coefficient (Wildman–Crippen LogP) is 2.94. The Morgan fingerprint density at radius 3 is 2.52 bits per heavy atom. The first kappa shape index (κ1) is 20.7. The third-order valence-electron chi connectivity index (χ3n) is 5.20. The Labute approximate surface area is 171 Å². The van der Waals surface area contributed by atoms with Gasteiger partial charge in [-0.05, 0) is 42.5 Å². The van der Waals surface area contributed by atoms with E-state index in [-0.39, 0.29) is 18.2 Å². The molecule has 154 valence electrons. The van der Waals surface area contributed by atoms with Crippen molar-refractivity contribution >= 4 is 11.8 Å². The SMILES string of the molecule is COc1ccc(CN(C(=O)Cc2ccccc2)C2CCCCNC2=O)cc1OC. The van der Waals surface area contributed by atoms with Gasteiger partial charge < -0.3 is 19.7 Å². The van der Waals surface area contributed by atoms with Crippen LogP contribution in [-0.4, -0.2) is 43.5 Å². The molecule has 1 atom stereocenters. The maximum Gasteiger partial charge on any atom is 0.242 e. The monoisotopic (exact) mass is 396 g/mol. The number of hydrogen-bond donors (Lipinski definition) is 1. The standard InChI is InChI=1S/C23H28N2O4/c1-28-20-12-11-18(14-21(20)29-2)16-25(19-10-6-7-13-24-23(19)27)22(26)15-17-8-4-3-5-9-17/h3-5,8-9,11-12,14,19H,6-7,10,13,15-16H2,1-2H3,(H,24,27). The minimum atomic E-state index is -0.471. The lowest BCUT2D eigenvalue weighted by Gasteiger charge is -2.30. The molecule has 1 unspecified atom stereocenters. The third-order valence-corrected chi connectivity index (χ3v) is 5.20. The normalized spacial score (nSPS) is 16.5. The van der Waals surface area contributed by atoms with Gasteiger partial charge in [-0.25, -0.2) is 0 Å². The number of carbonyl (C=O) groups excluding carboxylic acids is 2. The molecule has 0 spiro atoms. The van der Waals surface area contributed by atoms with Crippen molar-refractivity contribution in [2.24, 2.45) is 0 Å². The van der Waals surface area contributed by atoms with Gasteiger partial charge in [0.1, 0.15) is 6.04 Å². The number of hydrogen-bond acceptors (Lipinski definition) is 4. The lowest BCUT2D eigenvalue weighted by Crippen LogP contribution is -2.48. The molecule has 6 heteroatoms. The van der Waals surface area contributed by atoms with E-state index in [2.05, 4.69) is 5.32 Å². The van der Waals surface area contributed by atoms with Crippen molar-refractivity contribution in [3.63, 3.8) is 0 Å². The lowest BCUT2D eigenvalue weighted by molar-refractivity contribution is -0.140. The molecule has 2 aromatic carbocycles. The summed E-state index contributed by atoms with van der Waals surface area (Å²) >= 11 is 0. The molecule has 3 rings (SSSR count). The van der Waals surface area contributed by atoms with E-state index in [1.807, 2.05) is 48.5 Å². The summed E-state index contributed by atoms with van der Waals surface area (Å²) in [6.07, 6.45) is 2.77. The molecule has 1 saturated heterocycles. The summed E-state index contributed by atoms with van der Waals surface area (Å²) in [4.78, 5) is 27.6. The number of benzene rings is 2. The van der Waals surface area contributed by atoms with Crippen LogP contribution in [0.5, 0.6) is 11.5 Å². The van der Waals surface area contributed by atoms with Crippen LogP contribution < -0.4 is 14.8 Å². The Balaban J connectivity index is 1.87. The van der Waals surface area contributed by atoms with Gasteiger partial charge in [0.05, 0.1) is 20.6 Å². The Morgan fingerprint density at radius 2 is 1.79 bits per heavy atom. The molecule has 2 aromatic rings. The maximum absolute atomic E-state index is 13.2. The van der Waals surface area contributed by atoms with Gasteiger partial charge in [-0.3, -0.25) is 9.59 Å². The van der Waals surface area contributed by atoms with Crippen LogP contribution in [0.1, 0.15) is 30.4 Å². The van der Waals surface area contributed by atoms with Crippen molar-refractivity contribution in [1.82, 2.24) is 10.2 Å². The number of amides is 2. The van der Waals surface area contributed by atoms with Gasteiger partial charge >= 0.3 is 0 Å². The van der Waals surface area contributed by atoms with Gasteiger partial charge in [-0.15, -0.1) is 0 Å². The van der Waals surface area contributed by atoms with Crippen molar-refractivity contribution in [2.45, 2.75) is 38.3 Å². The highest BCUT2D eigenvalue weighted by atomic mass is 16.5. The third kappa shape index (κ3) is 5.28. The first-order valence-corrected chi connectivity index (χ1v) is 9.94. The first-order valence-electron chi connectivity index (χ1n) is 9.94. The van der Waals surface area contributed by atoms with E-state index >= 15 is 0 Å². The lowest BCUT2D eigenvalue weighted by atomic mass is 10.0. The van der Waals surface area contributed by atoms with Crippen molar-refractivity contribution in [1.29, 1.82) is 0 Å². The van der Waals surface area contributed by atoms with Crippen LogP contribution in [-0.2, 0) is 22.6 Å². The van der Waals surface area contributed by atoms with Crippen LogP contribution in [0.25, 0.3) is 0 Å². The van der Waals surface area contributed by atoms with Crippen LogP contribution in [0.2, 0.25) is 0 Å². The number of nitrogens with one attached hydrogen (secondary N) is 1. The van der Waals surface area contributed by atoms with E-state index in [9.17, 15) is 9.59 Å². The summed E-state index contributed by atoms with van der Waals surface area (Å²) in [6.45, 7) is 0.997. The van der Waals surface area contributed by atoms with Crippen molar-refractivity contribution < 1.29 is 19.1 Å². The fourth-order valence-corrected chi connectivity index (χ4v) is 3.64. The molecule has 1 N–H and O–H groups in total. The molecule has 29 heavy (non-hydrogen) atoms. The van der Waals surface area contributed by atoms with Crippen molar-refractivity contribution in [3.8, 4) is 11.5 Å². The number of nitrogens with zero attached hydrogens (tertiary/aromatic N) is 1. The molecule has 0 saturated carbocycles. The molecule has 0 radical (unpaired) electrons. The van der Waals surface area contributed by atoms with Gasteiger partial charge in [0, 0.05) is 13.1 Å². The Bertz CT molecular complexity index is 838. The predicted molar refractivity (Wildman–Crippen MR) is 111 cm³/mol. The van der Waals surface area contributed by atoms with Gasteiger partial charge in [0.25, 0.3) is 0 Å². The average Bonchev–Trinajstić information content (AvgIpc) is 2.96. The molecular formula is C23H28N2O4. The average molecular weight is 396 g/mol. The molecule has 6 nitrogen and oxygen atoms in total. The van der Waals surface area contributed by atoms with E-state index in [0.717, 1.165) is 24.0 Å². The summed E-state index contributed by atoms with van der Waals surface area (Å²) in [5.41, 5.74) is 1.82. The summed E-state index contributed by atoms with van der Waals surface area (Å²) in [5, 5.41) is 2.94. The number of carbonyl (C=O) groups is 2. The molecule has 1 fully saturated rings. The molecule has 1 aliphatic rings. The topological polar surface area (TPSA) is 67.9 Å². The smallest absolute Gasteiger partial charge is 0.242 e. The maximum atomic E-state index is 13.2. The van der Waals surface area contributed by atoms with Crippen LogP contribution >= 0.6 is 0 Å². The summed E-state index contributed by atoms with van der Waals surface area (Å²) in [5.74, 6) is 1.09. The highest BCUT2D eigenvalue weighted by Crippen LogP contribution is 2.29. The van der Waals surface area contributed by atoms with Crippen LogP contribution in [0.3, 0.4) is 0 Å². The number of ether oxygens (including phenoxy) is 2. The quantitative estimate of drug-likeness (QED) is 0.781. The number of rotatable bonds is 7. The second-order valence-electron chi connectivity index (χ2n) is 7.18. The number of methoxy groups -OCH3 is 2. The van der Waals surface area contributed by atoms with E-state index in [1.54, 1.807) is 19.1 Å². The van der Waals surface area contributed by atoms with Crippen LogP contribution in [0.15, 0.2) is 48.5 Å². The molecule has 1 heterocycles. The van der Waals surface area contributed by atoms with Gasteiger partial charge in [-0.1, -0.05) is 36.4 Å². The van der Waals surface area contributed by atoms with Crippen LogP contribution in [0.4, 0.5) is 0 Å². The molecule has 2 amide bonds. The highest BCUT2D eigenvalue weighted by Gasteiger charge is 2.31. The van der Waals surface area contributed by atoms with Gasteiger partial charge in [-0.2, -0.15) is 0 Å². The Hall–Kier alpha value is -3.02. The first-order chi connectivity index (χ1) is 14.1. The Kier molecular flexibility index (Phi) is 7.11. The van der Waals surface area contributed by atoms with Gasteiger partial charge in [0.2, 0.25) is 11.8 Å². The fourth-order valence-electron chi connectivity index (χ4n) is 3.64. The van der Waals surface area contributed by atoms with Crippen molar-refractivity contribution in [3.05, 3.63) is 59.7 Å². The minimum absolute atomic E-state index is 0.0620. The second kappa shape index (κ2) is 9.96. The zero-order valence-electron chi connectivity index (χ0n) is 17.0. The largest absolute Gasteiger partial charge is 0.493 e. The van der Waals surface area contributed by atoms with Gasteiger partial charge in [0.15, 0.2) is 11.5 Å². The zero-order valence-corrected chi connectivity index (χ0v) is 17.0.